The van der Waals surface area contributed by atoms with Crippen molar-refractivity contribution in [3.8, 4) is 0 Å². The molecule has 5 heteroatoms. The van der Waals surface area contributed by atoms with Crippen molar-refractivity contribution in [1.82, 2.24) is 9.97 Å². The van der Waals surface area contributed by atoms with Crippen LogP contribution in [0.5, 0.6) is 0 Å². The first kappa shape index (κ1) is 13.7. The van der Waals surface area contributed by atoms with Crippen LogP contribution >= 0.6 is 0 Å². The number of aliphatic hydroxyl groups is 1. The molecule has 0 radical (unpaired) electrons. The molecule has 1 heterocycles. The third-order valence-corrected chi connectivity index (χ3v) is 2.38. The van der Waals surface area contributed by atoms with Gasteiger partial charge in [0.2, 0.25) is 5.95 Å². The predicted molar refractivity (Wildman–Crippen MR) is 70.2 cm³/mol. The molecule has 0 bridgehead atoms. The van der Waals surface area contributed by atoms with Crippen molar-refractivity contribution in [3.63, 3.8) is 0 Å². The molecule has 0 saturated carbocycles. The third-order valence-electron chi connectivity index (χ3n) is 2.38. The van der Waals surface area contributed by atoms with Crippen molar-refractivity contribution >= 4 is 11.8 Å². The Bertz CT molecular complexity index is 306. The molecule has 3 N–H and O–H groups in total. The number of hydrogen-bond donors (Lipinski definition) is 3. The van der Waals surface area contributed by atoms with Crippen LogP contribution in [-0.2, 0) is 0 Å². The third kappa shape index (κ3) is 6.06. The fourth-order valence-corrected chi connectivity index (χ4v) is 1.51. The molecule has 0 amide bonds. The summed E-state index contributed by atoms with van der Waals surface area (Å²) in [7, 11) is 0. The van der Waals surface area contributed by atoms with E-state index in [9.17, 15) is 0 Å². The molecule has 0 unspecified atom stereocenters. The van der Waals surface area contributed by atoms with Gasteiger partial charge in [0.25, 0.3) is 0 Å². The van der Waals surface area contributed by atoms with Crippen molar-refractivity contribution in [2.75, 3.05) is 30.3 Å². The largest absolute Gasteiger partial charge is 0.396 e. The number of nitrogens with one attached hydrogen (secondary N) is 2. The second-order valence-electron chi connectivity index (χ2n) is 3.86. The summed E-state index contributed by atoms with van der Waals surface area (Å²) in [5.74, 6) is 1.52. The number of aromatic nitrogens is 2. The number of rotatable bonds is 9. The van der Waals surface area contributed by atoms with E-state index in [0.29, 0.717) is 12.6 Å². The lowest BCUT2D eigenvalue weighted by Gasteiger charge is -2.07. The minimum absolute atomic E-state index is 0.297. The molecule has 1 aromatic rings. The van der Waals surface area contributed by atoms with E-state index in [1.165, 1.54) is 0 Å². The van der Waals surface area contributed by atoms with Gasteiger partial charge in [0.05, 0.1) is 0 Å². The van der Waals surface area contributed by atoms with Crippen molar-refractivity contribution in [3.05, 3.63) is 12.3 Å². The highest BCUT2D eigenvalue weighted by Crippen LogP contribution is 2.06. The van der Waals surface area contributed by atoms with Gasteiger partial charge in [-0.3, -0.25) is 0 Å². The van der Waals surface area contributed by atoms with Crippen molar-refractivity contribution in [1.29, 1.82) is 0 Å². The summed E-state index contributed by atoms with van der Waals surface area (Å²) in [6, 6.07) is 1.87. The smallest absolute Gasteiger partial charge is 0.224 e. The van der Waals surface area contributed by atoms with E-state index in [2.05, 4.69) is 20.6 Å². The van der Waals surface area contributed by atoms with E-state index in [1.54, 1.807) is 6.20 Å². The Kier molecular flexibility index (Phi) is 7.06. The number of anilines is 2. The summed E-state index contributed by atoms with van der Waals surface area (Å²) in [4.78, 5) is 8.43. The molecule has 0 aliphatic rings. The standard InChI is InChI=1S/C12H22N4O/c1-2-13-12-15-9-7-11(16-12)14-8-5-3-4-6-10-17/h7,9,17H,2-6,8,10H2,1H3,(H2,13,14,15,16). The molecule has 0 spiro atoms. The summed E-state index contributed by atoms with van der Waals surface area (Å²) in [6.07, 6.45) is 5.97. The highest BCUT2D eigenvalue weighted by atomic mass is 16.2. The fraction of sp³-hybridized carbons (Fsp3) is 0.667. The highest BCUT2D eigenvalue weighted by molar-refractivity contribution is 5.39. The summed E-state index contributed by atoms with van der Waals surface area (Å²) >= 11 is 0. The van der Waals surface area contributed by atoms with Gasteiger partial charge in [-0.15, -0.1) is 0 Å². The molecular weight excluding hydrogens is 216 g/mol. The van der Waals surface area contributed by atoms with Gasteiger partial charge in [-0.2, -0.15) is 4.98 Å². The lowest BCUT2D eigenvalue weighted by Crippen LogP contribution is -2.07. The van der Waals surface area contributed by atoms with Crippen molar-refractivity contribution in [2.45, 2.75) is 32.6 Å². The normalized spacial score (nSPS) is 10.2. The molecule has 17 heavy (non-hydrogen) atoms. The van der Waals surface area contributed by atoms with Gasteiger partial charge in [-0.25, -0.2) is 4.98 Å². The van der Waals surface area contributed by atoms with E-state index in [1.807, 2.05) is 13.0 Å². The summed E-state index contributed by atoms with van der Waals surface area (Å²) < 4.78 is 0. The Morgan fingerprint density at radius 2 is 2.00 bits per heavy atom. The van der Waals surface area contributed by atoms with Gasteiger partial charge in [0.1, 0.15) is 5.82 Å². The minimum Gasteiger partial charge on any atom is -0.396 e. The van der Waals surface area contributed by atoms with Crippen LogP contribution in [0.2, 0.25) is 0 Å². The Morgan fingerprint density at radius 3 is 2.76 bits per heavy atom. The van der Waals surface area contributed by atoms with Gasteiger partial charge in [-0.05, 0) is 25.8 Å². The fourth-order valence-electron chi connectivity index (χ4n) is 1.51. The SMILES string of the molecule is CCNc1nccc(NCCCCCCO)n1. The van der Waals surface area contributed by atoms with E-state index >= 15 is 0 Å². The molecule has 0 aliphatic carbocycles. The van der Waals surface area contributed by atoms with Crippen LogP contribution in [-0.4, -0.2) is 34.8 Å². The summed E-state index contributed by atoms with van der Waals surface area (Å²) in [6.45, 7) is 4.05. The Labute approximate surface area is 103 Å². The first-order chi connectivity index (χ1) is 8.36. The Hall–Kier alpha value is -1.36. The molecule has 5 nitrogen and oxygen atoms in total. The monoisotopic (exact) mass is 238 g/mol. The molecule has 0 aromatic carbocycles. The molecule has 0 atom stereocenters. The topological polar surface area (TPSA) is 70.1 Å². The molecule has 1 rings (SSSR count). The second kappa shape index (κ2) is 8.75. The predicted octanol–water partition coefficient (Wildman–Crippen LogP) is 1.87. The second-order valence-corrected chi connectivity index (χ2v) is 3.86. The average molecular weight is 238 g/mol. The zero-order valence-electron chi connectivity index (χ0n) is 10.4. The van der Waals surface area contributed by atoms with Crippen molar-refractivity contribution < 1.29 is 5.11 Å². The van der Waals surface area contributed by atoms with Crippen LogP contribution < -0.4 is 10.6 Å². The molecule has 96 valence electrons. The zero-order chi connectivity index (χ0) is 12.3. The molecule has 0 fully saturated rings. The number of hydrogen-bond acceptors (Lipinski definition) is 5. The zero-order valence-corrected chi connectivity index (χ0v) is 10.4. The average Bonchev–Trinajstić information content (AvgIpc) is 2.35. The van der Waals surface area contributed by atoms with Crippen LogP contribution in [0.15, 0.2) is 12.3 Å². The van der Waals surface area contributed by atoms with Crippen LogP contribution in [0.1, 0.15) is 32.6 Å². The quantitative estimate of drug-likeness (QED) is 0.573. The van der Waals surface area contributed by atoms with Crippen molar-refractivity contribution in [2.24, 2.45) is 0 Å². The van der Waals surface area contributed by atoms with Crippen LogP contribution in [0.3, 0.4) is 0 Å². The molecular formula is C12H22N4O. The van der Waals surface area contributed by atoms with Gasteiger partial charge >= 0.3 is 0 Å². The van der Waals surface area contributed by atoms with Gasteiger partial charge in [0, 0.05) is 25.9 Å². The number of nitrogens with zero attached hydrogens (tertiary/aromatic N) is 2. The van der Waals surface area contributed by atoms with Crippen LogP contribution in [0, 0.1) is 0 Å². The maximum Gasteiger partial charge on any atom is 0.224 e. The molecule has 0 aliphatic heterocycles. The van der Waals surface area contributed by atoms with E-state index < -0.39 is 0 Å². The van der Waals surface area contributed by atoms with E-state index in [0.717, 1.165) is 44.6 Å². The van der Waals surface area contributed by atoms with E-state index in [-0.39, 0.29) is 0 Å². The van der Waals surface area contributed by atoms with Gasteiger partial charge < -0.3 is 15.7 Å². The van der Waals surface area contributed by atoms with Crippen LogP contribution in [0.4, 0.5) is 11.8 Å². The van der Waals surface area contributed by atoms with Gasteiger partial charge in [0.15, 0.2) is 0 Å². The van der Waals surface area contributed by atoms with Gasteiger partial charge in [-0.1, -0.05) is 12.8 Å². The highest BCUT2D eigenvalue weighted by Gasteiger charge is 1.97. The Morgan fingerprint density at radius 1 is 1.18 bits per heavy atom. The Balaban J connectivity index is 2.19. The van der Waals surface area contributed by atoms with E-state index in [4.69, 9.17) is 5.11 Å². The summed E-state index contributed by atoms with van der Waals surface area (Å²) in [5.41, 5.74) is 0. The first-order valence-electron chi connectivity index (χ1n) is 6.28. The lowest BCUT2D eigenvalue weighted by molar-refractivity contribution is 0.283. The summed E-state index contributed by atoms with van der Waals surface area (Å²) in [5, 5.41) is 15.0. The molecule has 1 aromatic heterocycles. The lowest BCUT2D eigenvalue weighted by atomic mass is 10.2. The first-order valence-corrected chi connectivity index (χ1v) is 6.28. The number of unbranched alkanes of at least 4 members (excludes halogenated alkanes) is 3. The maximum absolute atomic E-state index is 8.64. The number of aliphatic hydroxyl groups excluding tert-OH is 1. The molecule has 0 saturated heterocycles. The maximum atomic E-state index is 8.64. The minimum atomic E-state index is 0.297. The van der Waals surface area contributed by atoms with Crippen LogP contribution in [0.25, 0.3) is 0 Å².